The van der Waals surface area contributed by atoms with Gasteiger partial charge in [-0.3, -0.25) is 4.79 Å². The summed E-state index contributed by atoms with van der Waals surface area (Å²) < 4.78 is 31.6. The standard InChI is InChI=1S/C20H21ClN2O4S/c1-13(2)17-10-18(21)14(3)9-19(17)27-20(24)12-23(4)28(25,26)16-7-5-15(11-22)6-8-16/h5-10,13H,12H2,1-4H3. The number of esters is 1. The molecule has 6 nitrogen and oxygen atoms in total. The van der Waals surface area contributed by atoms with Gasteiger partial charge >= 0.3 is 5.97 Å². The van der Waals surface area contributed by atoms with Crippen molar-refractivity contribution in [2.24, 2.45) is 0 Å². The minimum atomic E-state index is -3.89. The zero-order chi connectivity index (χ0) is 21.1. The molecule has 0 aliphatic heterocycles. The van der Waals surface area contributed by atoms with Gasteiger partial charge < -0.3 is 4.74 Å². The lowest BCUT2D eigenvalue weighted by Gasteiger charge is -2.18. The number of rotatable bonds is 6. The number of hydrogen-bond acceptors (Lipinski definition) is 5. The van der Waals surface area contributed by atoms with E-state index in [1.54, 1.807) is 19.1 Å². The first-order valence-corrected chi connectivity index (χ1v) is 10.3. The molecule has 0 aliphatic carbocycles. The van der Waals surface area contributed by atoms with E-state index >= 15 is 0 Å². The van der Waals surface area contributed by atoms with Gasteiger partial charge in [0.15, 0.2) is 0 Å². The van der Waals surface area contributed by atoms with Gasteiger partial charge in [-0.15, -0.1) is 0 Å². The lowest BCUT2D eigenvalue weighted by Crippen LogP contribution is -2.34. The molecule has 0 saturated heterocycles. The molecule has 2 rings (SSSR count). The molecule has 0 spiro atoms. The number of benzene rings is 2. The van der Waals surface area contributed by atoms with Crippen LogP contribution in [0.25, 0.3) is 0 Å². The summed E-state index contributed by atoms with van der Waals surface area (Å²) in [4.78, 5) is 12.4. The molecular formula is C20H21ClN2O4S. The third-order valence-electron chi connectivity index (χ3n) is 4.18. The van der Waals surface area contributed by atoms with Crippen molar-refractivity contribution in [1.29, 1.82) is 5.26 Å². The van der Waals surface area contributed by atoms with Crippen LogP contribution >= 0.6 is 11.6 Å². The Morgan fingerprint density at radius 1 is 1.25 bits per heavy atom. The predicted octanol–water partition coefficient (Wildman–Crippen LogP) is 3.87. The van der Waals surface area contributed by atoms with Gasteiger partial charge in [0.2, 0.25) is 10.0 Å². The molecule has 0 unspecified atom stereocenters. The Morgan fingerprint density at radius 2 is 1.86 bits per heavy atom. The SMILES string of the molecule is Cc1cc(OC(=O)CN(C)S(=O)(=O)c2ccc(C#N)cc2)c(C(C)C)cc1Cl. The van der Waals surface area contributed by atoms with Crippen molar-refractivity contribution < 1.29 is 17.9 Å². The highest BCUT2D eigenvalue weighted by Crippen LogP contribution is 2.32. The van der Waals surface area contributed by atoms with E-state index in [0.717, 1.165) is 15.4 Å². The van der Waals surface area contributed by atoms with Crippen LogP contribution in [-0.2, 0) is 14.8 Å². The Morgan fingerprint density at radius 3 is 2.39 bits per heavy atom. The molecule has 0 bridgehead atoms. The summed E-state index contributed by atoms with van der Waals surface area (Å²) in [6, 6.07) is 10.8. The first-order chi connectivity index (χ1) is 13.1. The van der Waals surface area contributed by atoms with E-state index in [0.29, 0.717) is 16.3 Å². The topological polar surface area (TPSA) is 87.5 Å². The second-order valence-electron chi connectivity index (χ2n) is 6.67. The largest absolute Gasteiger partial charge is 0.425 e. The summed E-state index contributed by atoms with van der Waals surface area (Å²) in [5.41, 5.74) is 1.87. The molecule has 0 heterocycles. The number of ether oxygens (including phenoxy) is 1. The normalized spacial score (nSPS) is 11.5. The molecule has 28 heavy (non-hydrogen) atoms. The van der Waals surface area contributed by atoms with Gasteiger partial charge in [0.05, 0.1) is 16.5 Å². The molecule has 8 heteroatoms. The average molecular weight is 421 g/mol. The summed E-state index contributed by atoms with van der Waals surface area (Å²) in [7, 11) is -2.59. The molecule has 0 aliphatic rings. The van der Waals surface area contributed by atoms with Crippen molar-refractivity contribution in [2.45, 2.75) is 31.6 Å². The zero-order valence-electron chi connectivity index (χ0n) is 16.1. The number of hydrogen-bond donors (Lipinski definition) is 0. The number of halogens is 1. The van der Waals surface area contributed by atoms with Crippen molar-refractivity contribution in [3.63, 3.8) is 0 Å². The maximum absolute atomic E-state index is 12.6. The van der Waals surface area contributed by atoms with Crippen molar-refractivity contribution in [2.75, 3.05) is 13.6 Å². The Balaban J connectivity index is 2.18. The minimum absolute atomic E-state index is 0.00740. The van der Waals surface area contributed by atoms with Crippen molar-refractivity contribution in [3.8, 4) is 11.8 Å². The molecular weight excluding hydrogens is 400 g/mol. The summed E-state index contributed by atoms with van der Waals surface area (Å²) in [6.45, 7) is 5.23. The van der Waals surface area contributed by atoms with Crippen molar-refractivity contribution >= 4 is 27.6 Å². The Kier molecular flexibility index (Phi) is 6.83. The predicted molar refractivity (Wildman–Crippen MR) is 107 cm³/mol. The molecule has 0 amide bonds. The van der Waals surface area contributed by atoms with Crippen LogP contribution in [0, 0.1) is 18.3 Å². The molecule has 2 aromatic carbocycles. The Bertz CT molecular complexity index is 1030. The highest BCUT2D eigenvalue weighted by Gasteiger charge is 2.24. The summed E-state index contributed by atoms with van der Waals surface area (Å²) in [5.74, 6) is -0.268. The molecule has 148 valence electrons. The van der Waals surface area contributed by atoms with Crippen LogP contribution in [0.3, 0.4) is 0 Å². The van der Waals surface area contributed by atoms with Gasteiger partial charge in [-0.2, -0.15) is 9.57 Å². The van der Waals surface area contributed by atoms with Crippen LogP contribution in [0.15, 0.2) is 41.3 Å². The lowest BCUT2D eigenvalue weighted by atomic mass is 10.0. The summed E-state index contributed by atoms with van der Waals surface area (Å²) in [5, 5.41) is 9.39. The first kappa shape index (κ1) is 21.9. The quantitative estimate of drug-likeness (QED) is 0.522. The van der Waals surface area contributed by atoms with Crippen LogP contribution in [0.5, 0.6) is 5.75 Å². The van der Waals surface area contributed by atoms with Gasteiger partial charge in [-0.1, -0.05) is 25.4 Å². The number of sulfonamides is 1. The summed E-state index contributed by atoms with van der Waals surface area (Å²) in [6.07, 6.45) is 0. The second kappa shape index (κ2) is 8.74. The molecule has 0 N–H and O–H groups in total. The van der Waals surface area contributed by atoms with E-state index in [1.165, 1.54) is 31.3 Å². The van der Waals surface area contributed by atoms with Crippen LogP contribution in [0.1, 0.15) is 36.5 Å². The number of aryl methyl sites for hydroxylation is 1. The summed E-state index contributed by atoms with van der Waals surface area (Å²) >= 11 is 6.15. The monoisotopic (exact) mass is 420 g/mol. The van der Waals surface area contributed by atoms with Crippen molar-refractivity contribution in [3.05, 3.63) is 58.1 Å². The lowest BCUT2D eigenvalue weighted by molar-refractivity contribution is -0.134. The fourth-order valence-electron chi connectivity index (χ4n) is 2.51. The van der Waals surface area contributed by atoms with E-state index in [1.807, 2.05) is 19.9 Å². The maximum atomic E-state index is 12.6. The number of carbonyl (C=O) groups excluding carboxylic acids is 1. The van der Waals surface area contributed by atoms with E-state index in [2.05, 4.69) is 0 Å². The third-order valence-corrected chi connectivity index (χ3v) is 6.41. The van der Waals surface area contributed by atoms with Gasteiger partial charge in [-0.25, -0.2) is 8.42 Å². The number of likely N-dealkylation sites (N-methyl/N-ethyl adjacent to an activating group) is 1. The average Bonchev–Trinajstić information content (AvgIpc) is 2.64. The first-order valence-electron chi connectivity index (χ1n) is 8.53. The Hall–Kier alpha value is -2.40. The minimum Gasteiger partial charge on any atom is -0.425 e. The maximum Gasteiger partial charge on any atom is 0.326 e. The Labute approximate surface area is 170 Å². The fraction of sp³-hybridized carbons (Fsp3) is 0.300. The molecule has 0 radical (unpaired) electrons. The molecule has 0 fully saturated rings. The van der Waals surface area contributed by atoms with Crippen LogP contribution in [0.4, 0.5) is 0 Å². The zero-order valence-corrected chi connectivity index (χ0v) is 17.6. The van der Waals surface area contributed by atoms with Crippen LogP contribution in [-0.4, -0.2) is 32.3 Å². The number of nitriles is 1. The smallest absolute Gasteiger partial charge is 0.326 e. The van der Waals surface area contributed by atoms with Crippen LogP contribution in [0.2, 0.25) is 5.02 Å². The van der Waals surface area contributed by atoms with E-state index in [9.17, 15) is 13.2 Å². The van der Waals surface area contributed by atoms with Gasteiger partial charge in [0.1, 0.15) is 12.3 Å². The van der Waals surface area contributed by atoms with Gasteiger partial charge in [-0.05, 0) is 60.4 Å². The fourth-order valence-corrected chi connectivity index (χ4v) is 3.80. The molecule has 0 atom stereocenters. The van der Waals surface area contributed by atoms with E-state index in [4.69, 9.17) is 21.6 Å². The molecule has 2 aromatic rings. The van der Waals surface area contributed by atoms with E-state index in [-0.39, 0.29) is 10.8 Å². The van der Waals surface area contributed by atoms with Crippen molar-refractivity contribution in [1.82, 2.24) is 4.31 Å². The third kappa shape index (κ3) is 4.90. The highest BCUT2D eigenvalue weighted by atomic mass is 35.5. The van der Waals surface area contributed by atoms with Crippen LogP contribution < -0.4 is 4.74 Å². The molecule has 0 saturated carbocycles. The van der Waals surface area contributed by atoms with Gasteiger partial charge in [0.25, 0.3) is 0 Å². The van der Waals surface area contributed by atoms with E-state index < -0.39 is 22.5 Å². The van der Waals surface area contributed by atoms with Gasteiger partial charge in [0, 0.05) is 12.1 Å². The second-order valence-corrected chi connectivity index (χ2v) is 9.12. The number of nitrogens with zero attached hydrogens (tertiary/aromatic N) is 2. The molecule has 0 aromatic heterocycles. The number of carbonyl (C=O) groups is 1. The highest BCUT2D eigenvalue weighted by molar-refractivity contribution is 7.89.